The van der Waals surface area contributed by atoms with Gasteiger partial charge in [0.05, 0.1) is 18.3 Å². The van der Waals surface area contributed by atoms with Crippen LogP contribution in [0.3, 0.4) is 0 Å². The van der Waals surface area contributed by atoms with Gasteiger partial charge in [-0.1, -0.05) is 24.3 Å². The van der Waals surface area contributed by atoms with Crippen LogP contribution in [0.25, 0.3) is 0 Å². The molecule has 2 heterocycles. The van der Waals surface area contributed by atoms with Gasteiger partial charge < -0.3 is 0 Å². The molecule has 0 saturated carbocycles. The van der Waals surface area contributed by atoms with E-state index in [0.717, 1.165) is 42.8 Å². The zero-order valence-electron chi connectivity index (χ0n) is 14.9. The highest BCUT2D eigenvalue weighted by Crippen LogP contribution is 2.33. The largest absolute Gasteiger partial charge is 0.294 e. The maximum Gasteiger partial charge on any atom is 0.257 e. The fraction of sp³-hybridized carbons (Fsp3) is 0.333. The first-order valence-electron chi connectivity index (χ1n) is 9.23. The van der Waals surface area contributed by atoms with Crippen molar-refractivity contribution < 1.29 is 13.6 Å². The molecule has 4 nitrogen and oxygen atoms in total. The van der Waals surface area contributed by atoms with Crippen molar-refractivity contribution in [2.45, 2.75) is 25.3 Å². The van der Waals surface area contributed by atoms with Crippen LogP contribution in [0, 0.1) is 11.6 Å². The molecule has 1 saturated heterocycles. The smallest absolute Gasteiger partial charge is 0.257 e. The van der Waals surface area contributed by atoms with Gasteiger partial charge in [-0.2, -0.15) is 5.10 Å². The maximum atomic E-state index is 13.3. The molecule has 4 rings (SSSR count). The Labute approximate surface area is 157 Å². The van der Waals surface area contributed by atoms with Gasteiger partial charge >= 0.3 is 0 Å². The van der Waals surface area contributed by atoms with Gasteiger partial charge in [0.2, 0.25) is 0 Å². The molecule has 0 spiro atoms. The molecular weight excluding hydrogens is 348 g/mol. The lowest BCUT2D eigenvalue weighted by Gasteiger charge is -2.24. The van der Waals surface area contributed by atoms with Gasteiger partial charge in [0, 0.05) is 6.42 Å². The summed E-state index contributed by atoms with van der Waals surface area (Å²) in [5, 5.41) is 6.09. The first kappa shape index (κ1) is 17.8. The molecule has 2 aromatic rings. The number of hydrogen-bond acceptors (Lipinski definition) is 3. The molecule has 0 aromatic heterocycles. The minimum Gasteiger partial charge on any atom is -0.294 e. The van der Waals surface area contributed by atoms with Gasteiger partial charge in [-0.15, -0.1) is 0 Å². The van der Waals surface area contributed by atoms with E-state index in [0.29, 0.717) is 13.0 Å². The van der Waals surface area contributed by atoms with E-state index in [9.17, 15) is 13.6 Å². The second-order valence-electron chi connectivity index (χ2n) is 7.05. The lowest BCUT2D eigenvalue weighted by molar-refractivity contribution is -0.134. The Balaban J connectivity index is 1.61. The molecule has 0 radical (unpaired) electrons. The Morgan fingerprint density at radius 3 is 2.19 bits per heavy atom. The van der Waals surface area contributed by atoms with E-state index in [1.54, 1.807) is 24.3 Å². The van der Waals surface area contributed by atoms with E-state index in [-0.39, 0.29) is 23.6 Å². The maximum absolute atomic E-state index is 13.3. The summed E-state index contributed by atoms with van der Waals surface area (Å²) in [6.45, 7) is 2.18. The number of carbonyl (C=O) groups excluding carboxylic acids is 1. The van der Waals surface area contributed by atoms with Crippen LogP contribution in [0.15, 0.2) is 53.6 Å². The molecule has 1 unspecified atom stereocenters. The van der Waals surface area contributed by atoms with Gasteiger partial charge in [0.25, 0.3) is 5.91 Å². The second-order valence-corrected chi connectivity index (χ2v) is 7.05. The molecule has 0 bridgehead atoms. The minimum atomic E-state index is -0.314. The number of amides is 1. The summed E-state index contributed by atoms with van der Waals surface area (Å²) < 4.78 is 26.6. The monoisotopic (exact) mass is 369 g/mol. The molecule has 27 heavy (non-hydrogen) atoms. The first-order valence-corrected chi connectivity index (χ1v) is 9.23. The third-order valence-corrected chi connectivity index (χ3v) is 5.16. The lowest BCUT2D eigenvalue weighted by atomic mass is 9.98. The fourth-order valence-electron chi connectivity index (χ4n) is 3.71. The molecule has 0 aliphatic carbocycles. The third-order valence-electron chi connectivity index (χ3n) is 5.16. The van der Waals surface area contributed by atoms with Crippen molar-refractivity contribution in [1.82, 2.24) is 9.91 Å². The summed E-state index contributed by atoms with van der Waals surface area (Å²) in [6, 6.07) is 12.0. The molecule has 1 atom stereocenters. The van der Waals surface area contributed by atoms with Crippen LogP contribution < -0.4 is 0 Å². The van der Waals surface area contributed by atoms with Gasteiger partial charge in [-0.05, 0) is 61.3 Å². The molecular formula is C21H21F2N3O. The molecule has 1 fully saturated rings. The van der Waals surface area contributed by atoms with Crippen molar-refractivity contribution in [3.63, 3.8) is 0 Å². The van der Waals surface area contributed by atoms with Gasteiger partial charge in [0.1, 0.15) is 11.6 Å². The third kappa shape index (κ3) is 3.90. The minimum absolute atomic E-state index is 0.0664. The van der Waals surface area contributed by atoms with E-state index < -0.39 is 0 Å². The van der Waals surface area contributed by atoms with Crippen LogP contribution >= 0.6 is 0 Å². The van der Waals surface area contributed by atoms with Crippen molar-refractivity contribution in [2.75, 3.05) is 19.6 Å². The first-order chi connectivity index (χ1) is 13.1. The summed E-state index contributed by atoms with van der Waals surface area (Å²) >= 11 is 0. The lowest BCUT2D eigenvalue weighted by Crippen LogP contribution is -2.36. The van der Waals surface area contributed by atoms with Crippen molar-refractivity contribution in [3.8, 4) is 0 Å². The predicted molar refractivity (Wildman–Crippen MR) is 99.2 cm³/mol. The fourth-order valence-corrected chi connectivity index (χ4v) is 3.71. The SMILES string of the molecule is O=C(CN1CCCC1)N1N=C(c2ccc(F)cc2)CC1c1ccc(F)cc1. The van der Waals surface area contributed by atoms with Crippen molar-refractivity contribution >= 4 is 11.6 Å². The number of hydrazone groups is 1. The number of halogens is 2. The van der Waals surface area contributed by atoms with Crippen molar-refractivity contribution in [2.24, 2.45) is 5.10 Å². The highest BCUT2D eigenvalue weighted by atomic mass is 19.1. The standard InChI is InChI=1S/C21H21F2N3O/c22-17-7-3-15(4-8-17)19-13-20(16-5-9-18(23)10-6-16)26(24-19)21(27)14-25-11-1-2-12-25/h3-10,20H,1-2,11-14H2. The Morgan fingerprint density at radius 2 is 1.56 bits per heavy atom. The van der Waals surface area contributed by atoms with Gasteiger partial charge in [-0.25, -0.2) is 13.8 Å². The summed E-state index contributed by atoms with van der Waals surface area (Å²) in [7, 11) is 0. The van der Waals surface area contributed by atoms with Gasteiger partial charge in [0.15, 0.2) is 0 Å². The number of rotatable bonds is 4. The zero-order chi connectivity index (χ0) is 18.8. The number of benzene rings is 2. The highest BCUT2D eigenvalue weighted by molar-refractivity contribution is 6.03. The molecule has 2 aliphatic heterocycles. The van der Waals surface area contributed by atoms with Crippen LogP contribution in [0.5, 0.6) is 0 Å². The van der Waals surface area contributed by atoms with Crippen LogP contribution in [0.1, 0.15) is 36.4 Å². The predicted octanol–water partition coefficient (Wildman–Crippen LogP) is 3.74. The van der Waals surface area contributed by atoms with Gasteiger partial charge in [-0.3, -0.25) is 9.69 Å². The molecule has 0 N–H and O–H groups in total. The quantitative estimate of drug-likeness (QED) is 0.823. The highest BCUT2D eigenvalue weighted by Gasteiger charge is 2.34. The van der Waals surface area contributed by atoms with Crippen LogP contribution in [0.4, 0.5) is 8.78 Å². The molecule has 2 aromatic carbocycles. The van der Waals surface area contributed by atoms with Crippen molar-refractivity contribution in [1.29, 1.82) is 0 Å². The number of nitrogens with zero attached hydrogens (tertiary/aromatic N) is 3. The topological polar surface area (TPSA) is 35.9 Å². The average molecular weight is 369 g/mol. The number of carbonyl (C=O) groups is 1. The van der Waals surface area contributed by atoms with Crippen LogP contribution in [0.2, 0.25) is 0 Å². The van der Waals surface area contributed by atoms with E-state index in [1.165, 1.54) is 29.3 Å². The zero-order valence-corrected chi connectivity index (χ0v) is 14.9. The summed E-state index contributed by atoms with van der Waals surface area (Å²) in [6.07, 6.45) is 2.74. The Bertz CT molecular complexity index is 843. The molecule has 1 amide bonds. The Kier molecular flexibility index (Phi) is 4.99. The Hall–Kier alpha value is -2.60. The Morgan fingerprint density at radius 1 is 0.963 bits per heavy atom. The molecule has 2 aliphatic rings. The summed E-state index contributed by atoms with van der Waals surface area (Å²) in [5.74, 6) is -0.691. The van der Waals surface area contributed by atoms with Crippen molar-refractivity contribution in [3.05, 3.63) is 71.3 Å². The molecule has 140 valence electrons. The van der Waals surface area contributed by atoms with Crippen LogP contribution in [-0.4, -0.2) is 41.2 Å². The normalized spacial score (nSPS) is 20.1. The van der Waals surface area contributed by atoms with Crippen LogP contribution in [-0.2, 0) is 4.79 Å². The second kappa shape index (κ2) is 7.56. The van der Waals surface area contributed by atoms with E-state index >= 15 is 0 Å². The van der Waals surface area contributed by atoms with E-state index in [4.69, 9.17) is 0 Å². The summed E-state index contributed by atoms with van der Waals surface area (Å²) in [5.41, 5.74) is 2.37. The van der Waals surface area contributed by atoms with E-state index in [1.807, 2.05) is 0 Å². The molecule has 6 heteroatoms. The number of likely N-dealkylation sites (tertiary alicyclic amines) is 1. The average Bonchev–Trinajstić information content (AvgIpc) is 3.33. The summed E-state index contributed by atoms with van der Waals surface area (Å²) in [4.78, 5) is 15.1. The number of hydrogen-bond donors (Lipinski definition) is 0. The van der Waals surface area contributed by atoms with E-state index in [2.05, 4.69) is 10.0 Å².